The van der Waals surface area contributed by atoms with E-state index in [1.54, 1.807) is 0 Å². The van der Waals surface area contributed by atoms with E-state index in [0.717, 1.165) is 19.3 Å². The topological polar surface area (TPSA) is 84.5 Å². The number of ether oxygens (including phenoxy) is 1. The van der Waals surface area contributed by atoms with Crippen LogP contribution < -0.4 is 10.6 Å². The van der Waals surface area contributed by atoms with Crippen molar-refractivity contribution < 1.29 is 17.9 Å². The molecule has 0 bridgehead atoms. The van der Waals surface area contributed by atoms with Crippen LogP contribution in [0.1, 0.15) is 53.4 Å². The maximum absolute atomic E-state index is 11.8. The van der Waals surface area contributed by atoms with Gasteiger partial charge >= 0.3 is 6.09 Å². The first-order valence-electron chi connectivity index (χ1n) is 7.94. The zero-order valence-corrected chi connectivity index (χ0v) is 15.1. The van der Waals surface area contributed by atoms with Gasteiger partial charge in [-0.25, -0.2) is 13.2 Å². The van der Waals surface area contributed by atoms with E-state index in [4.69, 9.17) is 4.74 Å². The molecule has 22 heavy (non-hydrogen) atoms. The lowest BCUT2D eigenvalue weighted by atomic mass is 10.1. The lowest BCUT2D eigenvalue weighted by Crippen LogP contribution is -2.49. The lowest BCUT2D eigenvalue weighted by molar-refractivity contribution is 0.0521. The number of carbonyl (C=O) groups excluding carboxylic acids is 1. The Hall–Kier alpha value is -0.820. The fraction of sp³-hybridized carbons (Fsp3) is 0.933. The molecule has 1 fully saturated rings. The molecule has 0 radical (unpaired) electrons. The highest BCUT2D eigenvalue weighted by Gasteiger charge is 2.35. The van der Waals surface area contributed by atoms with Crippen molar-refractivity contribution in [1.29, 1.82) is 0 Å². The van der Waals surface area contributed by atoms with Gasteiger partial charge in [-0.15, -0.1) is 0 Å². The number of hydrogen-bond donors (Lipinski definition) is 2. The summed E-state index contributed by atoms with van der Waals surface area (Å²) in [6, 6.07) is 0.0141. The molecule has 1 saturated carbocycles. The summed E-state index contributed by atoms with van der Waals surface area (Å²) in [5.74, 6) is 0. The highest BCUT2D eigenvalue weighted by Crippen LogP contribution is 2.25. The molecule has 0 heterocycles. The van der Waals surface area contributed by atoms with E-state index < -0.39 is 21.5 Å². The quantitative estimate of drug-likeness (QED) is 0.774. The van der Waals surface area contributed by atoms with Gasteiger partial charge in [0.1, 0.15) is 5.60 Å². The molecule has 0 aromatic rings. The number of nitrogens with one attached hydrogen (secondary N) is 2. The van der Waals surface area contributed by atoms with Crippen molar-refractivity contribution in [2.24, 2.45) is 0 Å². The van der Waals surface area contributed by atoms with E-state index in [0.29, 0.717) is 13.0 Å². The summed E-state index contributed by atoms with van der Waals surface area (Å²) in [7, 11) is -3.04. The molecule has 7 heteroatoms. The lowest BCUT2D eigenvalue weighted by Gasteiger charge is -2.26. The average molecular weight is 334 g/mol. The zero-order valence-electron chi connectivity index (χ0n) is 14.3. The van der Waals surface area contributed by atoms with Gasteiger partial charge in [-0.3, -0.25) is 0 Å². The van der Waals surface area contributed by atoms with Crippen molar-refractivity contribution in [1.82, 2.24) is 10.6 Å². The average Bonchev–Trinajstić information content (AvgIpc) is 2.80. The molecule has 6 nitrogen and oxygen atoms in total. The predicted octanol–water partition coefficient (Wildman–Crippen LogP) is 1.85. The molecule has 0 spiro atoms. The minimum absolute atomic E-state index is 0.0274. The second-order valence-electron chi connectivity index (χ2n) is 7.06. The van der Waals surface area contributed by atoms with E-state index in [9.17, 15) is 13.2 Å². The molecule has 3 atom stereocenters. The third-order valence-corrected chi connectivity index (χ3v) is 5.50. The fourth-order valence-electron chi connectivity index (χ4n) is 2.77. The Morgan fingerprint density at radius 3 is 2.45 bits per heavy atom. The fourth-order valence-corrected chi connectivity index (χ4v) is 4.18. The van der Waals surface area contributed by atoms with Crippen LogP contribution in [0.2, 0.25) is 0 Å². The van der Waals surface area contributed by atoms with Crippen molar-refractivity contribution >= 4 is 15.9 Å². The SMILES string of the molecule is CCC(CNC(=O)OC(C)(C)C)NC1CCCC1S(C)(=O)=O. The maximum atomic E-state index is 11.8. The van der Waals surface area contributed by atoms with Crippen LogP contribution in [0.3, 0.4) is 0 Å². The smallest absolute Gasteiger partial charge is 0.407 e. The summed E-state index contributed by atoms with van der Waals surface area (Å²) in [6.45, 7) is 7.89. The Labute approximate surface area is 134 Å². The van der Waals surface area contributed by atoms with E-state index in [1.807, 2.05) is 27.7 Å². The Kier molecular flexibility index (Phi) is 6.67. The standard InChI is InChI=1S/C15H30N2O4S/c1-6-11(10-16-14(18)21-15(2,3)4)17-12-8-7-9-13(12)22(5,19)20/h11-13,17H,6-10H2,1-5H3,(H,16,18). The number of sulfone groups is 1. The van der Waals surface area contributed by atoms with Gasteiger partial charge in [0, 0.05) is 24.9 Å². The molecule has 130 valence electrons. The van der Waals surface area contributed by atoms with Crippen LogP contribution in [0.25, 0.3) is 0 Å². The number of hydrogen-bond acceptors (Lipinski definition) is 5. The molecule has 1 aliphatic rings. The second kappa shape index (κ2) is 7.64. The Bertz CT molecular complexity index is 470. The normalized spacial score (nSPS) is 24.0. The molecule has 1 aliphatic carbocycles. The van der Waals surface area contributed by atoms with Crippen LogP contribution in [-0.4, -0.2) is 50.2 Å². The van der Waals surface area contributed by atoms with Gasteiger partial charge in [0.05, 0.1) is 5.25 Å². The van der Waals surface area contributed by atoms with Gasteiger partial charge in [0.25, 0.3) is 0 Å². The van der Waals surface area contributed by atoms with Gasteiger partial charge in [-0.2, -0.15) is 0 Å². The summed E-state index contributed by atoms with van der Waals surface area (Å²) >= 11 is 0. The first kappa shape index (κ1) is 19.2. The van der Waals surface area contributed by atoms with Crippen molar-refractivity contribution in [3.05, 3.63) is 0 Å². The van der Waals surface area contributed by atoms with Crippen LogP contribution in [0, 0.1) is 0 Å². The number of rotatable bonds is 6. The molecule has 3 unspecified atom stereocenters. The van der Waals surface area contributed by atoms with E-state index >= 15 is 0 Å². The summed E-state index contributed by atoms with van der Waals surface area (Å²) < 4.78 is 28.8. The molecule has 1 rings (SSSR count). The third-order valence-electron chi connectivity index (χ3n) is 3.84. The second-order valence-corrected chi connectivity index (χ2v) is 9.32. The van der Waals surface area contributed by atoms with Crippen molar-refractivity contribution in [3.63, 3.8) is 0 Å². The van der Waals surface area contributed by atoms with Crippen LogP contribution in [0.4, 0.5) is 4.79 Å². The summed E-state index contributed by atoms with van der Waals surface area (Å²) in [4.78, 5) is 11.7. The Morgan fingerprint density at radius 2 is 1.95 bits per heavy atom. The molecular formula is C15H30N2O4S. The van der Waals surface area contributed by atoms with Crippen LogP contribution in [-0.2, 0) is 14.6 Å². The minimum atomic E-state index is -3.04. The molecule has 2 N–H and O–H groups in total. The first-order valence-corrected chi connectivity index (χ1v) is 9.90. The third kappa shape index (κ3) is 6.52. The molecule has 0 saturated heterocycles. The predicted molar refractivity (Wildman–Crippen MR) is 87.7 cm³/mol. The van der Waals surface area contributed by atoms with Crippen molar-refractivity contribution in [3.8, 4) is 0 Å². The van der Waals surface area contributed by atoms with Gasteiger partial charge in [0.15, 0.2) is 9.84 Å². The largest absolute Gasteiger partial charge is 0.444 e. The molecule has 0 aliphatic heterocycles. The number of amides is 1. The highest BCUT2D eigenvalue weighted by molar-refractivity contribution is 7.91. The molecule has 0 aromatic heterocycles. The van der Waals surface area contributed by atoms with Crippen LogP contribution in [0.15, 0.2) is 0 Å². The van der Waals surface area contributed by atoms with Gasteiger partial charge < -0.3 is 15.4 Å². The number of alkyl carbamates (subject to hydrolysis) is 1. The van der Waals surface area contributed by atoms with Crippen LogP contribution >= 0.6 is 0 Å². The summed E-state index contributed by atoms with van der Waals surface area (Å²) in [5, 5.41) is 5.82. The van der Waals surface area contributed by atoms with Gasteiger partial charge in [-0.05, 0) is 40.0 Å². The van der Waals surface area contributed by atoms with Crippen molar-refractivity contribution in [2.45, 2.75) is 76.3 Å². The van der Waals surface area contributed by atoms with Crippen molar-refractivity contribution in [2.75, 3.05) is 12.8 Å². The minimum Gasteiger partial charge on any atom is -0.444 e. The first-order chi connectivity index (χ1) is 10.0. The van der Waals surface area contributed by atoms with Gasteiger partial charge in [0.2, 0.25) is 0 Å². The summed E-state index contributed by atoms with van der Waals surface area (Å²) in [6.07, 6.45) is 4.16. The van der Waals surface area contributed by atoms with Crippen LogP contribution in [0.5, 0.6) is 0 Å². The Balaban J connectivity index is 2.50. The maximum Gasteiger partial charge on any atom is 0.407 e. The van der Waals surface area contributed by atoms with E-state index in [2.05, 4.69) is 10.6 Å². The highest BCUT2D eigenvalue weighted by atomic mass is 32.2. The zero-order chi connectivity index (χ0) is 17.0. The Morgan fingerprint density at radius 1 is 1.32 bits per heavy atom. The van der Waals surface area contributed by atoms with E-state index in [1.165, 1.54) is 6.26 Å². The molecule has 0 aromatic carbocycles. The number of carbonyl (C=O) groups is 1. The monoisotopic (exact) mass is 334 g/mol. The molecular weight excluding hydrogens is 304 g/mol. The van der Waals surface area contributed by atoms with Gasteiger partial charge in [-0.1, -0.05) is 13.3 Å². The molecule has 1 amide bonds. The summed E-state index contributed by atoms with van der Waals surface area (Å²) in [5.41, 5.74) is -0.522. The van der Waals surface area contributed by atoms with E-state index in [-0.39, 0.29) is 17.3 Å².